The molecule has 0 radical (unpaired) electrons. The molecule has 0 aliphatic carbocycles. The van der Waals surface area contributed by atoms with E-state index in [9.17, 15) is 13.0 Å². The zero-order valence-electron chi connectivity index (χ0n) is 5.43. The van der Waals surface area contributed by atoms with Crippen molar-refractivity contribution in [2.45, 2.75) is 25.5 Å². The van der Waals surface area contributed by atoms with Crippen molar-refractivity contribution in [2.75, 3.05) is 0 Å². The number of hydrogen-bond acceptors (Lipinski definition) is 3. The molecule has 9 heavy (non-hydrogen) atoms. The predicted octanol–water partition coefficient (Wildman–Crippen LogP) is 0.328. The predicted molar refractivity (Wildman–Crippen MR) is 29.5 cm³/mol. The standard InChI is InChI=1S/C4H10O3S.Ag/c1-4(2,3)8(5,6)7;/h1-3H3,(H,5,6,7);/q;+1/p-1. The Morgan fingerprint density at radius 2 is 1.33 bits per heavy atom. The van der Waals surface area contributed by atoms with Gasteiger partial charge in [0.1, 0.15) is 0 Å². The van der Waals surface area contributed by atoms with Crippen LogP contribution in [0.15, 0.2) is 0 Å². The van der Waals surface area contributed by atoms with Crippen molar-refractivity contribution in [2.24, 2.45) is 0 Å². The first-order valence-corrected chi connectivity index (χ1v) is 3.61. The monoisotopic (exact) mass is 244 g/mol. The van der Waals surface area contributed by atoms with Gasteiger partial charge < -0.3 is 4.55 Å². The van der Waals surface area contributed by atoms with Crippen LogP contribution in [0.4, 0.5) is 0 Å². The van der Waals surface area contributed by atoms with Crippen LogP contribution in [0.25, 0.3) is 0 Å². The molecule has 0 aromatic rings. The third-order valence-electron chi connectivity index (χ3n) is 0.750. The van der Waals surface area contributed by atoms with Crippen LogP contribution in [0.3, 0.4) is 0 Å². The molecule has 3 nitrogen and oxygen atoms in total. The summed E-state index contributed by atoms with van der Waals surface area (Å²) in [5.74, 6) is 0. The van der Waals surface area contributed by atoms with Gasteiger partial charge in [-0.15, -0.1) is 0 Å². The van der Waals surface area contributed by atoms with Crippen LogP contribution in [0.5, 0.6) is 0 Å². The third-order valence-corrected chi connectivity index (χ3v) is 2.25. The van der Waals surface area contributed by atoms with Crippen LogP contribution in [0, 0.1) is 0 Å². The molecule has 0 aromatic heterocycles. The Hall–Kier alpha value is 0.650. The Labute approximate surface area is 71.1 Å². The van der Waals surface area contributed by atoms with Crippen molar-refractivity contribution in [3.63, 3.8) is 0 Å². The molecule has 0 fully saturated rings. The van der Waals surface area contributed by atoms with E-state index < -0.39 is 14.9 Å². The van der Waals surface area contributed by atoms with Gasteiger partial charge in [-0.2, -0.15) is 0 Å². The molecule has 0 rings (SSSR count). The van der Waals surface area contributed by atoms with Gasteiger partial charge in [0.2, 0.25) is 0 Å². The summed E-state index contributed by atoms with van der Waals surface area (Å²) in [7, 11) is -4.09. The normalized spacial score (nSPS) is 12.4. The number of rotatable bonds is 0. The van der Waals surface area contributed by atoms with E-state index in [0.29, 0.717) is 0 Å². The van der Waals surface area contributed by atoms with Gasteiger partial charge in [-0.25, -0.2) is 8.42 Å². The fraction of sp³-hybridized carbons (Fsp3) is 1.00. The minimum Gasteiger partial charge on any atom is -0.748 e. The molecule has 5 heteroatoms. The van der Waals surface area contributed by atoms with E-state index in [-0.39, 0.29) is 22.4 Å². The maximum Gasteiger partial charge on any atom is 1.00 e. The van der Waals surface area contributed by atoms with Gasteiger partial charge in [0.25, 0.3) is 0 Å². The SMILES string of the molecule is CC(C)(C)S(=O)(=O)[O-].[Ag+]. The average molecular weight is 245 g/mol. The van der Waals surface area contributed by atoms with E-state index in [0.717, 1.165) is 0 Å². The molecular weight excluding hydrogens is 236 g/mol. The summed E-state index contributed by atoms with van der Waals surface area (Å²) in [6.07, 6.45) is 0. The summed E-state index contributed by atoms with van der Waals surface area (Å²) >= 11 is 0. The molecule has 60 valence electrons. The Morgan fingerprint density at radius 3 is 1.33 bits per heavy atom. The Bertz CT molecular complexity index is 165. The van der Waals surface area contributed by atoms with Crippen LogP contribution in [-0.4, -0.2) is 17.7 Å². The summed E-state index contributed by atoms with van der Waals surface area (Å²) in [4.78, 5) is 0. The molecule has 0 N–H and O–H groups in total. The minimum absolute atomic E-state index is 0. The zero-order valence-corrected chi connectivity index (χ0v) is 7.73. The van der Waals surface area contributed by atoms with Crippen molar-refractivity contribution in [1.82, 2.24) is 0 Å². The molecule has 0 atom stereocenters. The van der Waals surface area contributed by atoms with Crippen LogP contribution >= 0.6 is 0 Å². The molecule has 0 amide bonds. The first-order valence-electron chi connectivity index (χ1n) is 2.20. The summed E-state index contributed by atoms with van der Waals surface area (Å²) in [5.41, 5.74) is 0. The van der Waals surface area contributed by atoms with Crippen LogP contribution in [0.1, 0.15) is 20.8 Å². The van der Waals surface area contributed by atoms with E-state index >= 15 is 0 Å². The van der Waals surface area contributed by atoms with Gasteiger partial charge in [-0.05, 0) is 20.8 Å². The number of hydrogen-bond donors (Lipinski definition) is 0. The smallest absolute Gasteiger partial charge is 0.748 e. The maximum absolute atomic E-state index is 10.1. The Morgan fingerprint density at radius 1 is 1.22 bits per heavy atom. The average Bonchev–Trinajstić information content (AvgIpc) is 1.25. The van der Waals surface area contributed by atoms with Gasteiger partial charge in [0.15, 0.2) is 0 Å². The Kier molecular flexibility index (Phi) is 4.34. The fourth-order valence-corrected chi connectivity index (χ4v) is 0. The molecular formula is C4H9AgO3S. The summed E-state index contributed by atoms with van der Waals surface area (Å²) in [6.45, 7) is 4.11. The summed E-state index contributed by atoms with van der Waals surface area (Å²) in [5, 5.41) is 0. The molecule has 0 aliphatic rings. The molecule has 0 aliphatic heterocycles. The zero-order chi connectivity index (χ0) is 7.00. The Balaban J connectivity index is 0. The van der Waals surface area contributed by atoms with Gasteiger partial charge in [-0.3, -0.25) is 0 Å². The van der Waals surface area contributed by atoms with E-state index in [2.05, 4.69) is 0 Å². The van der Waals surface area contributed by atoms with Gasteiger partial charge >= 0.3 is 22.4 Å². The largest absolute Gasteiger partial charge is 1.00 e. The maximum atomic E-state index is 10.1. The first-order chi connectivity index (χ1) is 3.25. The first kappa shape index (κ1) is 12.3. The molecule has 0 saturated carbocycles. The minimum atomic E-state index is -4.09. The van der Waals surface area contributed by atoms with Crippen molar-refractivity contribution >= 4 is 10.1 Å². The fourth-order valence-electron chi connectivity index (χ4n) is 0. The van der Waals surface area contributed by atoms with E-state index in [4.69, 9.17) is 0 Å². The second-order valence-corrected chi connectivity index (χ2v) is 4.70. The molecule has 0 aromatic carbocycles. The second-order valence-electron chi connectivity index (χ2n) is 2.57. The summed E-state index contributed by atoms with van der Waals surface area (Å²) < 4.78 is 29.1. The van der Waals surface area contributed by atoms with Gasteiger partial charge in [-0.1, -0.05) is 0 Å². The molecule has 0 bridgehead atoms. The van der Waals surface area contributed by atoms with Crippen LogP contribution in [0.2, 0.25) is 0 Å². The quantitative estimate of drug-likeness (QED) is 0.456. The van der Waals surface area contributed by atoms with Crippen molar-refractivity contribution in [1.29, 1.82) is 0 Å². The van der Waals surface area contributed by atoms with Crippen molar-refractivity contribution in [3.05, 3.63) is 0 Å². The molecule has 0 unspecified atom stereocenters. The van der Waals surface area contributed by atoms with Crippen LogP contribution < -0.4 is 0 Å². The van der Waals surface area contributed by atoms with Gasteiger partial charge in [0.05, 0.1) is 14.9 Å². The van der Waals surface area contributed by atoms with E-state index in [1.165, 1.54) is 20.8 Å². The van der Waals surface area contributed by atoms with Crippen molar-refractivity contribution < 1.29 is 35.4 Å². The molecule has 0 spiro atoms. The van der Waals surface area contributed by atoms with E-state index in [1.807, 2.05) is 0 Å². The van der Waals surface area contributed by atoms with Gasteiger partial charge in [0, 0.05) is 0 Å². The topological polar surface area (TPSA) is 57.2 Å². The van der Waals surface area contributed by atoms with Crippen molar-refractivity contribution in [3.8, 4) is 0 Å². The van der Waals surface area contributed by atoms with Crippen LogP contribution in [-0.2, 0) is 32.5 Å². The van der Waals surface area contributed by atoms with E-state index in [1.54, 1.807) is 0 Å². The molecule has 0 saturated heterocycles. The third kappa shape index (κ3) is 4.11. The summed E-state index contributed by atoms with van der Waals surface area (Å²) in [6, 6.07) is 0. The molecule has 0 heterocycles. The second kappa shape index (κ2) is 3.16.